The molecule has 0 aliphatic rings. The summed E-state index contributed by atoms with van der Waals surface area (Å²) in [6.07, 6.45) is 5.18. The third-order valence-corrected chi connectivity index (χ3v) is 4.40. The highest BCUT2D eigenvalue weighted by molar-refractivity contribution is 7.98. The molecule has 0 saturated carbocycles. The molecule has 0 spiro atoms. The van der Waals surface area contributed by atoms with E-state index in [0.29, 0.717) is 6.54 Å². The van der Waals surface area contributed by atoms with Gasteiger partial charge in [0.1, 0.15) is 4.90 Å². The van der Waals surface area contributed by atoms with Crippen LogP contribution in [0.15, 0.2) is 17.3 Å². The summed E-state index contributed by atoms with van der Waals surface area (Å²) in [5.41, 5.74) is 0. The van der Waals surface area contributed by atoms with Crippen molar-refractivity contribution in [3.63, 3.8) is 0 Å². The highest BCUT2D eigenvalue weighted by Crippen LogP contribution is 2.07. The first kappa shape index (κ1) is 16.0. The minimum Gasteiger partial charge on any atom is -0.481 e. The lowest BCUT2D eigenvalue weighted by Gasteiger charge is -2.03. The maximum atomic E-state index is 11.9. The van der Waals surface area contributed by atoms with Crippen molar-refractivity contribution < 1.29 is 18.3 Å². The second-order valence-electron chi connectivity index (χ2n) is 3.83. The zero-order valence-corrected chi connectivity index (χ0v) is 12.2. The van der Waals surface area contributed by atoms with E-state index in [-0.39, 0.29) is 17.9 Å². The Kier molecular flexibility index (Phi) is 6.32. The summed E-state index contributed by atoms with van der Waals surface area (Å²) < 4.78 is 27.5. The summed E-state index contributed by atoms with van der Waals surface area (Å²) in [5.74, 6) is -0.0597. The van der Waals surface area contributed by atoms with E-state index in [0.717, 1.165) is 12.2 Å². The fourth-order valence-corrected chi connectivity index (χ4v) is 2.78. The van der Waals surface area contributed by atoms with Gasteiger partial charge >= 0.3 is 5.97 Å². The summed E-state index contributed by atoms with van der Waals surface area (Å²) in [5, 5.41) is 12.4. The van der Waals surface area contributed by atoms with E-state index >= 15 is 0 Å². The number of aromatic nitrogens is 2. The Morgan fingerprint density at radius 2 is 2.32 bits per heavy atom. The molecule has 0 aliphatic carbocycles. The molecule has 1 aromatic heterocycles. The second kappa shape index (κ2) is 7.51. The molecule has 0 radical (unpaired) electrons. The third-order valence-electron chi connectivity index (χ3n) is 2.29. The number of carboxylic acid groups (broad SMARTS) is 1. The lowest BCUT2D eigenvalue weighted by Crippen LogP contribution is -2.24. The van der Waals surface area contributed by atoms with E-state index < -0.39 is 16.0 Å². The van der Waals surface area contributed by atoms with Gasteiger partial charge in [-0.25, -0.2) is 13.1 Å². The number of nitrogens with one attached hydrogen (secondary N) is 1. The molecule has 0 aliphatic heterocycles. The number of sulfonamides is 1. The van der Waals surface area contributed by atoms with Crippen LogP contribution in [0.4, 0.5) is 0 Å². The molecule has 108 valence electrons. The maximum Gasteiger partial charge on any atom is 0.305 e. The van der Waals surface area contributed by atoms with Crippen molar-refractivity contribution >= 4 is 27.8 Å². The summed E-state index contributed by atoms with van der Waals surface area (Å²) >= 11 is 1.65. The Hall–Kier alpha value is -1.06. The van der Waals surface area contributed by atoms with Crippen LogP contribution in [0.3, 0.4) is 0 Å². The Morgan fingerprint density at radius 1 is 1.58 bits per heavy atom. The normalized spacial score (nSPS) is 11.6. The molecule has 1 rings (SSSR count). The standard InChI is InChI=1S/C10H17N3O4S2/c1-18-6-2-4-12-19(16,17)9-7-11-13(8-9)5-3-10(14)15/h7-8,12H,2-6H2,1H3,(H,14,15). The van der Waals surface area contributed by atoms with E-state index in [4.69, 9.17) is 5.11 Å². The third kappa shape index (κ3) is 5.62. The highest BCUT2D eigenvalue weighted by Gasteiger charge is 2.15. The molecule has 19 heavy (non-hydrogen) atoms. The molecule has 7 nitrogen and oxygen atoms in total. The molecule has 0 unspecified atom stereocenters. The Bertz CT molecular complexity index is 513. The number of nitrogens with zero attached hydrogens (tertiary/aromatic N) is 2. The van der Waals surface area contributed by atoms with Crippen LogP contribution in [0.25, 0.3) is 0 Å². The second-order valence-corrected chi connectivity index (χ2v) is 6.58. The van der Waals surface area contributed by atoms with Gasteiger partial charge in [-0.2, -0.15) is 16.9 Å². The van der Waals surface area contributed by atoms with Crippen molar-refractivity contribution in [1.82, 2.24) is 14.5 Å². The first-order valence-electron chi connectivity index (χ1n) is 5.68. The number of aliphatic carboxylic acids is 1. The highest BCUT2D eigenvalue weighted by atomic mass is 32.2. The van der Waals surface area contributed by atoms with Crippen molar-refractivity contribution in [2.24, 2.45) is 0 Å². The maximum absolute atomic E-state index is 11.9. The smallest absolute Gasteiger partial charge is 0.305 e. The molecule has 0 amide bonds. The van der Waals surface area contributed by atoms with Crippen molar-refractivity contribution in [3.8, 4) is 0 Å². The van der Waals surface area contributed by atoms with Crippen LogP contribution in [-0.2, 0) is 21.4 Å². The van der Waals surface area contributed by atoms with E-state index in [1.165, 1.54) is 17.1 Å². The largest absolute Gasteiger partial charge is 0.481 e. The van der Waals surface area contributed by atoms with Gasteiger partial charge in [0.15, 0.2) is 0 Å². The molecule has 0 aromatic carbocycles. The number of hydrogen-bond acceptors (Lipinski definition) is 5. The van der Waals surface area contributed by atoms with Crippen LogP contribution in [0.2, 0.25) is 0 Å². The van der Waals surface area contributed by atoms with Crippen molar-refractivity contribution in [1.29, 1.82) is 0 Å². The van der Waals surface area contributed by atoms with Gasteiger partial charge in [-0.15, -0.1) is 0 Å². The number of aryl methyl sites for hydroxylation is 1. The molecule has 0 saturated heterocycles. The van der Waals surface area contributed by atoms with Gasteiger partial charge in [-0.05, 0) is 18.4 Å². The van der Waals surface area contributed by atoms with E-state index in [2.05, 4.69) is 9.82 Å². The van der Waals surface area contributed by atoms with Crippen molar-refractivity contribution in [2.45, 2.75) is 24.3 Å². The fourth-order valence-electron chi connectivity index (χ4n) is 1.32. The van der Waals surface area contributed by atoms with Crippen LogP contribution < -0.4 is 4.72 Å². The molecular formula is C10H17N3O4S2. The number of hydrogen-bond donors (Lipinski definition) is 2. The summed E-state index contributed by atoms with van der Waals surface area (Å²) in [4.78, 5) is 10.5. The number of rotatable bonds is 9. The van der Waals surface area contributed by atoms with Gasteiger partial charge in [0.2, 0.25) is 10.0 Å². The average molecular weight is 307 g/mol. The minimum absolute atomic E-state index is 0.0574. The molecule has 0 bridgehead atoms. The molecule has 9 heteroatoms. The Morgan fingerprint density at radius 3 is 2.95 bits per heavy atom. The molecule has 1 heterocycles. The van der Waals surface area contributed by atoms with Gasteiger partial charge in [0, 0.05) is 12.7 Å². The Labute approximate surface area is 116 Å². The van der Waals surface area contributed by atoms with E-state index in [1.807, 2.05) is 6.26 Å². The SMILES string of the molecule is CSCCCNS(=O)(=O)c1cnn(CCC(=O)O)c1. The predicted molar refractivity (Wildman–Crippen MR) is 72.7 cm³/mol. The van der Waals surface area contributed by atoms with Gasteiger partial charge < -0.3 is 5.11 Å². The fraction of sp³-hybridized carbons (Fsp3) is 0.600. The number of carbonyl (C=O) groups is 1. The molecular weight excluding hydrogens is 290 g/mol. The molecule has 0 fully saturated rings. The van der Waals surface area contributed by atoms with E-state index in [9.17, 15) is 13.2 Å². The quantitative estimate of drug-likeness (QED) is 0.640. The average Bonchev–Trinajstić information content (AvgIpc) is 2.82. The van der Waals surface area contributed by atoms with Gasteiger partial charge in [-0.1, -0.05) is 0 Å². The number of thioether (sulfide) groups is 1. The summed E-state index contributed by atoms with van der Waals surface area (Å²) in [7, 11) is -3.55. The van der Waals surface area contributed by atoms with Crippen LogP contribution in [0.5, 0.6) is 0 Å². The van der Waals surface area contributed by atoms with Crippen molar-refractivity contribution in [3.05, 3.63) is 12.4 Å². The predicted octanol–water partition coefficient (Wildman–Crippen LogP) is 0.389. The molecule has 2 N–H and O–H groups in total. The lowest BCUT2D eigenvalue weighted by molar-refractivity contribution is -0.137. The Balaban J connectivity index is 2.56. The first-order chi connectivity index (χ1) is 8.95. The number of carboxylic acids is 1. The lowest BCUT2D eigenvalue weighted by atomic mass is 10.4. The topological polar surface area (TPSA) is 101 Å². The van der Waals surface area contributed by atoms with Gasteiger partial charge in [0.25, 0.3) is 0 Å². The van der Waals surface area contributed by atoms with Crippen LogP contribution in [0, 0.1) is 0 Å². The van der Waals surface area contributed by atoms with Gasteiger partial charge in [-0.3, -0.25) is 9.48 Å². The van der Waals surface area contributed by atoms with Crippen LogP contribution in [-0.4, -0.2) is 47.8 Å². The summed E-state index contributed by atoms with van der Waals surface area (Å²) in [6.45, 7) is 0.529. The first-order valence-corrected chi connectivity index (χ1v) is 8.56. The van der Waals surface area contributed by atoms with Crippen LogP contribution >= 0.6 is 11.8 Å². The monoisotopic (exact) mass is 307 g/mol. The molecule has 0 atom stereocenters. The molecule has 1 aromatic rings. The summed E-state index contributed by atoms with van der Waals surface area (Å²) in [6, 6.07) is 0. The van der Waals surface area contributed by atoms with Crippen LogP contribution in [0.1, 0.15) is 12.8 Å². The van der Waals surface area contributed by atoms with Gasteiger partial charge in [0.05, 0.1) is 19.2 Å². The van der Waals surface area contributed by atoms with Crippen molar-refractivity contribution in [2.75, 3.05) is 18.6 Å². The van der Waals surface area contributed by atoms with E-state index in [1.54, 1.807) is 11.8 Å². The minimum atomic E-state index is -3.55. The zero-order valence-electron chi connectivity index (χ0n) is 10.6. The zero-order chi connectivity index (χ0) is 14.3.